The van der Waals surface area contributed by atoms with E-state index in [-0.39, 0.29) is 11.7 Å². The minimum Gasteiger partial charge on any atom is -0.480 e. The quantitative estimate of drug-likeness (QED) is 0.899. The fraction of sp³-hybridized carbons (Fsp3) is 0.455. The lowest BCUT2D eigenvalue weighted by Gasteiger charge is -2.26. The highest BCUT2D eigenvalue weighted by molar-refractivity contribution is 6.30. The number of carboxylic acids is 1. The standard InChI is InChI=1S/C11H14ClNO4/c1-6(2)9(11(15)16)13(3)10(14)8-4-7(12)5-17-8/h4-6,9H,1-3H3,(H,15,16). The van der Waals surface area contributed by atoms with E-state index in [1.54, 1.807) is 13.8 Å². The number of carboxylic acid groups (broad SMARTS) is 1. The first-order valence-electron chi connectivity index (χ1n) is 5.08. The Kier molecular flexibility index (Phi) is 4.17. The summed E-state index contributed by atoms with van der Waals surface area (Å²) in [6.07, 6.45) is 1.23. The Morgan fingerprint density at radius 1 is 1.47 bits per heavy atom. The molecule has 0 bridgehead atoms. The molecule has 1 rings (SSSR count). The molecule has 0 radical (unpaired) electrons. The van der Waals surface area contributed by atoms with Gasteiger partial charge in [0, 0.05) is 13.1 Å². The fourth-order valence-electron chi connectivity index (χ4n) is 1.62. The van der Waals surface area contributed by atoms with Gasteiger partial charge in [-0.15, -0.1) is 0 Å². The van der Waals surface area contributed by atoms with Crippen LogP contribution in [0.2, 0.25) is 5.02 Å². The summed E-state index contributed by atoms with van der Waals surface area (Å²) >= 11 is 5.63. The van der Waals surface area contributed by atoms with Gasteiger partial charge in [0.05, 0.1) is 5.02 Å². The molecule has 0 aromatic carbocycles. The number of halogens is 1. The van der Waals surface area contributed by atoms with Gasteiger partial charge in [-0.05, 0) is 5.92 Å². The van der Waals surface area contributed by atoms with E-state index in [1.807, 2.05) is 0 Å². The van der Waals surface area contributed by atoms with Crippen LogP contribution in [-0.2, 0) is 4.79 Å². The van der Waals surface area contributed by atoms with Crippen molar-refractivity contribution in [2.75, 3.05) is 7.05 Å². The number of likely N-dealkylation sites (N-methyl/N-ethyl adjacent to an activating group) is 1. The third-order valence-electron chi connectivity index (χ3n) is 2.40. The van der Waals surface area contributed by atoms with Crippen molar-refractivity contribution in [2.45, 2.75) is 19.9 Å². The molecular weight excluding hydrogens is 246 g/mol. The Balaban J connectivity index is 2.91. The largest absolute Gasteiger partial charge is 0.480 e. The van der Waals surface area contributed by atoms with Gasteiger partial charge in [0.2, 0.25) is 0 Å². The molecule has 0 aliphatic heterocycles. The van der Waals surface area contributed by atoms with Crippen molar-refractivity contribution < 1.29 is 19.1 Å². The second-order valence-electron chi connectivity index (χ2n) is 4.07. The van der Waals surface area contributed by atoms with Gasteiger partial charge in [-0.25, -0.2) is 4.79 Å². The Morgan fingerprint density at radius 3 is 2.41 bits per heavy atom. The number of amides is 1. The van der Waals surface area contributed by atoms with Crippen LogP contribution in [0.15, 0.2) is 16.7 Å². The van der Waals surface area contributed by atoms with Crippen LogP contribution in [0.4, 0.5) is 0 Å². The average Bonchev–Trinajstić information content (AvgIpc) is 2.62. The number of nitrogens with zero attached hydrogens (tertiary/aromatic N) is 1. The van der Waals surface area contributed by atoms with Crippen molar-refractivity contribution in [3.63, 3.8) is 0 Å². The monoisotopic (exact) mass is 259 g/mol. The molecule has 1 unspecified atom stereocenters. The Hall–Kier alpha value is -1.49. The summed E-state index contributed by atoms with van der Waals surface area (Å²) in [6, 6.07) is 0.464. The lowest BCUT2D eigenvalue weighted by atomic mass is 10.0. The Morgan fingerprint density at radius 2 is 2.06 bits per heavy atom. The Labute approximate surface area is 104 Å². The van der Waals surface area contributed by atoms with E-state index in [4.69, 9.17) is 21.1 Å². The number of aliphatic carboxylic acids is 1. The summed E-state index contributed by atoms with van der Waals surface area (Å²) in [5, 5.41) is 9.37. The van der Waals surface area contributed by atoms with Crippen LogP contribution < -0.4 is 0 Å². The van der Waals surface area contributed by atoms with Gasteiger partial charge < -0.3 is 14.4 Å². The maximum absolute atomic E-state index is 11.9. The van der Waals surface area contributed by atoms with Gasteiger partial charge in [0.25, 0.3) is 5.91 Å². The van der Waals surface area contributed by atoms with Gasteiger partial charge in [0.15, 0.2) is 5.76 Å². The van der Waals surface area contributed by atoms with Gasteiger partial charge in [-0.3, -0.25) is 4.79 Å². The zero-order chi connectivity index (χ0) is 13.2. The average molecular weight is 260 g/mol. The van der Waals surface area contributed by atoms with Gasteiger partial charge in [-0.1, -0.05) is 25.4 Å². The highest BCUT2D eigenvalue weighted by Crippen LogP contribution is 2.17. The minimum absolute atomic E-state index is 0.0319. The van der Waals surface area contributed by atoms with Crippen LogP contribution >= 0.6 is 11.6 Å². The molecule has 0 spiro atoms. The number of carbonyl (C=O) groups excluding carboxylic acids is 1. The molecule has 1 atom stereocenters. The summed E-state index contributed by atoms with van der Waals surface area (Å²) in [5.41, 5.74) is 0. The molecule has 0 aliphatic rings. The van der Waals surface area contributed by atoms with Crippen LogP contribution in [-0.4, -0.2) is 35.0 Å². The van der Waals surface area contributed by atoms with E-state index < -0.39 is 17.9 Å². The van der Waals surface area contributed by atoms with Gasteiger partial charge in [-0.2, -0.15) is 0 Å². The molecule has 0 fully saturated rings. The zero-order valence-electron chi connectivity index (χ0n) is 9.81. The predicted molar refractivity (Wildman–Crippen MR) is 62.1 cm³/mol. The first kappa shape index (κ1) is 13.6. The Bertz CT molecular complexity index is 427. The van der Waals surface area contributed by atoms with E-state index >= 15 is 0 Å². The zero-order valence-corrected chi connectivity index (χ0v) is 10.6. The minimum atomic E-state index is -1.05. The number of carbonyl (C=O) groups is 2. The van der Waals surface area contributed by atoms with Crippen molar-refractivity contribution in [1.29, 1.82) is 0 Å². The second-order valence-corrected chi connectivity index (χ2v) is 4.51. The first-order chi connectivity index (χ1) is 7.84. The lowest BCUT2D eigenvalue weighted by Crippen LogP contribution is -2.45. The summed E-state index contributed by atoms with van der Waals surface area (Å²) in [4.78, 5) is 24.1. The van der Waals surface area contributed by atoms with Crippen LogP contribution in [0.5, 0.6) is 0 Å². The molecule has 0 saturated carbocycles. The third-order valence-corrected chi connectivity index (χ3v) is 2.60. The first-order valence-corrected chi connectivity index (χ1v) is 5.46. The highest BCUT2D eigenvalue weighted by Gasteiger charge is 2.31. The smallest absolute Gasteiger partial charge is 0.326 e. The van der Waals surface area contributed by atoms with Gasteiger partial charge in [0.1, 0.15) is 12.3 Å². The highest BCUT2D eigenvalue weighted by atomic mass is 35.5. The molecular formula is C11H14ClNO4. The maximum atomic E-state index is 11.9. The summed E-state index contributed by atoms with van der Waals surface area (Å²) < 4.78 is 4.94. The number of furan rings is 1. The fourth-order valence-corrected chi connectivity index (χ4v) is 1.77. The summed E-state index contributed by atoms with van der Waals surface area (Å²) in [5.74, 6) is -1.72. The predicted octanol–water partition coefficient (Wildman–Crippen LogP) is 2.11. The molecule has 17 heavy (non-hydrogen) atoms. The normalized spacial score (nSPS) is 12.5. The van der Waals surface area contributed by atoms with E-state index in [0.717, 1.165) is 4.90 Å². The SMILES string of the molecule is CC(C)C(C(=O)O)N(C)C(=O)c1cc(Cl)co1. The van der Waals surface area contributed by atoms with E-state index in [0.29, 0.717) is 5.02 Å². The molecule has 1 heterocycles. The molecule has 5 nitrogen and oxygen atoms in total. The number of hydrogen-bond donors (Lipinski definition) is 1. The van der Waals surface area contributed by atoms with Crippen LogP contribution in [0, 0.1) is 5.92 Å². The molecule has 1 aromatic rings. The molecule has 1 N–H and O–H groups in total. The lowest BCUT2D eigenvalue weighted by molar-refractivity contribution is -0.143. The van der Waals surface area contributed by atoms with Gasteiger partial charge >= 0.3 is 5.97 Å². The summed E-state index contributed by atoms with van der Waals surface area (Å²) in [7, 11) is 1.43. The summed E-state index contributed by atoms with van der Waals surface area (Å²) in [6.45, 7) is 3.47. The molecule has 0 saturated heterocycles. The van der Waals surface area contributed by atoms with Crippen LogP contribution in [0.3, 0.4) is 0 Å². The third kappa shape index (κ3) is 3.00. The maximum Gasteiger partial charge on any atom is 0.326 e. The van der Waals surface area contributed by atoms with Crippen molar-refractivity contribution in [1.82, 2.24) is 4.90 Å². The number of hydrogen-bond acceptors (Lipinski definition) is 3. The molecule has 94 valence electrons. The molecule has 1 aromatic heterocycles. The van der Waals surface area contributed by atoms with Crippen molar-refractivity contribution in [2.24, 2.45) is 5.92 Å². The van der Waals surface area contributed by atoms with Crippen LogP contribution in [0.25, 0.3) is 0 Å². The van der Waals surface area contributed by atoms with E-state index in [2.05, 4.69) is 0 Å². The number of rotatable bonds is 4. The molecule has 0 aliphatic carbocycles. The van der Waals surface area contributed by atoms with Crippen LogP contribution in [0.1, 0.15) is 24.4 Å². The van der Waals surface area contributed by atoms with E-state index in [1.165, 1.54) is 19.4 Å². The van der Waals surface area contributed by atoms with Crippen molar-refractivity contribution in [3.05, 3.63) is 23.1 Å². The molecule has 6 heteroatoms. The van der Waals surface area contributed by atoms with E-state index in [9.17, 15) is 9.59 Å². The van der Waals surface area contributed by atoms with Crippen molar-refractivity contribution >= 4 is 23.5 Å². The second kappa shape index (κ2) is 5.23. The molecule has 1 amide bonds. The topological polar surface area (TPSA) is 70.8 Å². The van der Waals surface area contributed by atoms with Crippen molar-refractivity contribution in [3.8, 4) is 0 Å².